The van der Waals surface area contributed by atoms with E-state index in [2.05, 4.69) is 60.8 Å². The van der Waals surface area contributed by atoms with E-state index in [9.17, 15) is 0 Å². The van der Waals surface area contributed by atoms with Crippen LogP contribution in [0.1, 0.15) is 80.1 Å². The summed E-state index contributed by atoms with van der Waals surface area (Å²) in [7, 11) is 0. The molecule has 0 bridgehead atoms. The number of allylic oxidation sites excluding steroid dienone is 4. The summed E-state index contributed by atoms with van der Waals surface area (Å²) in [6.07, 6.45) is 13.7. The summed E-state index contributed by atoms with van der Waals surface area (Å²) >= 11 is 0. The Kier molecular flexibility index (Phi) is 8.94. The molecule has 0 aliphatic rings. The maximum absolute atomic E-state index is 4.03. The van der Waals surface area contributed by atoms with E-state index >= 15 is 0 Å². The predicted molar refractivity (Wildman–Crippen MR) is 98.6 cm³/mol. The van der Waals surface area contributed by atoms with Gasteiger partial charge in [0, 0.05) is 0 Å². The standard InChI is InChI=1S/C21H38/c1-9-14-17-20(7,13-5)21(8,16-11-3)18(6)19(12-4)15-10-2/h10,12,15,18H,2,4,9,11,13-14,16-17H2,1,3,5-8H3/b19-15+. The highest BCUT2D eigenvalue weighted by Gasteiger charge is 2.46. The molecule has 21 heavy (non-hydrogen) atoms. The molecule has 0 heteroatoms. The van der Waals surface area contributed by atoms with Gasteiger partial charge in [0.1, 0.15) is 0 Å². The molecule has 0 aromatic heterocycles. The summed E-state index contributed by atoms with van der Waals surface area (Å²) in [5, 5.41) is 0. The van der Waals surface area contributed by atoms with Gasteiger partial charge in [-0.3, -0.25) is 0 Å². The van der Waals surface area contributed by atoms with Crippen molar-refractivity contribution in [1.29, 1.82) is 0 Å². The lowest BCUT2D eigenvalue weighted by Gasteiger charge is -2.51. The number of rotatable bonds is 11. The third-order valence-electron chi connectivity index (χ3n) is 6.01. The van der Waals surface area contributed by atoms with Crippen molar-refractivity contribution >= 4 is 0 Å². The van der Waals surface area contributed by atoms with Gasteiger partial charge < -0.3 is 0 Å². The quantitative estimate of drug-likeness (QED) is 0.349. The van der Waals surface area contributed by atoms with Gasteiger partial charge in [-0.2, -0.15) is 0 Å². The third-order valence-corrected chi connectivity index (χ3v) is 6.01. The first-order chi connectivity index (χ1) is 9.86. The summed E-state index contributed by atoms with van der Waals surface area (Å²) < 4.78 is 0. The molecule has 0 aromatic rings. The van der Waals surface area contributed by atoms with Crippen molar-refractivity contribution in [2.24, 2.45) is 16.7 Å². The Morgan fingerprint density at radius 2 is 1.67 bits per heavy atom. The fourth-order valence-electron chi connectivity index (χ4n) is 3.89. The second-order valence-electron chi connectivity index (χ2n) is 7.01. The Morgan fingerprint density at radius 1 is 1.05 bits per heavy atom. The van der Waals surface area contributed by atoms with Gasteiger partial charge in [-0.25, -0.2) is 0 Å². The summed E-state index contributed by atoms with van der Waals surface area (Å²) in [5.74, 6) is 0.509. The van der Waals surface area contributed by atoms with Crippen LogP contribution in [0.5, 0.6) is 0 Å². The highest BCUT2D eigenvalue weighted by atomic mass is 14.5. The summed E-state index contributed by atoms with van der Waals surface area (Å²) in [6, 6.07) is 0. The Morgan fingerprint density at radius 3 is 2.05 bits per heavy atom. The Bertz CT molecular complexity index is 349. The molecule has 0 aliphatic heterocycles. The third kappa shape index (κ3) is 4.59. The average molecular weight is 291 g/mol. The van der Waals surface area contributed by atoms with Crippen LogP contribution in [-0.2, 0) is 0 Å². The highest BCUT2D eigenvalue weighted by Crippen LogP contribution is 2.55. The molecule has 0 heterocycles. The fourth-order valence-corrected chi connectivity index (χ4v) is 3.89. The molecule has 0 aromatic carbocycles. The molecule has 0 rings (SSSR count). The Balaban J connectivity index is 5.70. The zero-order valence-corrected chi connectivity index (χ0v) is 15.5. The second kappa shape index (κ2) is 9.28. The summed E-state index contributed by atoms with van der Waals surface area (Å²) in [5.41, 5.74) is 2.01. The molecule has 0 N–H and O–H groups in total. The van der Waals surface area contributed by atoms with Crippen LogP contribution in [-0.4, -0.2) is 0 Å². The number of hydrogen-bond acceptors (Lipinski definition) is 0. The average Bonchev–Trinajstić information content (AvgIpc) is 2.49. The lowest BCUT2D eigenvalue weighted by molar-refractivity contribution is 0.00477. The van der Waals surface area contributed by atoms with Gasteiger partial charge in [0.2, 0.25) is 0 Å². The maximum atomic E-state index is 4.03. The predicted octanol–water partition coefficient (Wildman–Crippen LogP) is 7.33. The largest absolute Gasteiger partial charge is 0.0991 e. The zero-order valence-electron chi connectivity index (χ0n) is 15.5. The van der Waals surface area contributed by atoms with Gasteiger partial charge in [0.15, 0.2) is 0 Å². The van der Waals surface area contributed by atoms with Gasteiger partial charge in [-0.15, -0.1) is 0 Å². The monoisotopic (exact) mass is 290 g/mol. The molecule has 0 saturated carbocycles. The molecule has 0 saturated heterocycles. The van der Waals surface area contributed by atoms with Gasteiger partial charge in [-0.1, -0.05) is 98.6 Å². The Hall–Kier alpha value is -0.780. The minimum atomic E-state index is 0.300. The van der Waals surface area contributed by atoms with E-state index in [1.807, 2.05) is 12.2 Å². The first kappa shape index (κ1) is 20.2. The van der Waals surface area contributed by atoms with Crippen molar-refractivity contribution in [2.75, 3.05) is 0 Å². The fraction of sp³-hybridized carbons (Fsp3) is 0.714. The van der Waals surface area contributed by atoms with Crippen LogP contribution in [0.15, 0.2) is 37.0 Å². The zero-order chi connectivity index (χ0) is 16.5. The van der Waals surface area contributed by atoms with E-state index in [0.29, 0.717) is 16.7 Å². The van der Waals surface area contributed by atoms with E-state index in [-0.39, 0.29) is 0 Å². The lowest BCUT2D eigenvalue weighted by Crippen LogP contribution is -2.43. The Labute approximate surface area is 134 Å². The molecular weight excluding hydrogens is 252 g/mol. The van der Waals surface area contributed by atoms with Crippen molar-refractivity contribution < 1.29 is 0 Å². The van der Waals surface area contributed by atoms with Crippen molar-refractivity contribution in [2.45, 2.75) is 80.1 Å². The van der Waals surface area contributed by atoms with Crippen molar-refractivity contribution in [1.82, 2.24) is 0 Å². The van der Waals surface area contributed by atoms with Crippen LogP contribution in [0.2, 0.25) is 0 Å². The van der Waals surface area contributed by atoms with Crippen LogP contribution in [0, 0.1) is 16.7 Å². The van der Waals surface area contributed by atoms with Gasteiger partial charge >= 0.3 is 0 Å². The minimum Gasteiger partial charge on any atom is -0.0991 e. The smallest absolute Gasteiger partial charge is 0.0131 e. The van der Waals surface area contributed by atoms with Crippen LogP contribution in [0.4, 0.5) is 0 Å². The first-order valence-electron chi connectivity index (χ1n) is 8.81. The molecule has 3 atom stereocenters. The molecule has 0 aliphatic carbocycles. The molecule has 122 valence electrons. The molecule has 0 nitrogen and oxygen atoms in total. The van der Waals surface area contributed by atoms with E-state index < -0.39 is 0 Å². The molecule has 3 unspecified atom stereocenters. The molecule has 0 radical (unpaired) electrons. The van der Waals surface area contributed by atoms with E-state index in [1.54, 1.807) is 0 Å². The van der Waals surface area contributed by atoms with Crippen LogP contribution in [0.3, 0.4) is 0 Å². The topological polar surface area (TPSA) is 0 Å². The summed E-state index contributed by atoms with van der Waals surface area (Å²) in [4.78, 5) is 0. The highest BCUT2D eigenvalue weighted by molar-refractivity contribution is 5.26. The SMILES string of the molecule is C=C/C=C(\C=C)C(C)C(C)(CCC)C(C)(CC)CCCC. The van der Waals surface area contributed by atoms with Crippen molar-refractivity contribution in [3.05, 3.63) is 37.0 Å². The van der Waals surface area contributed by atoms with Crippen LogP contribution in [0.25, 0.3) is 0 Å². The van der Waals surface area contributed by atoms with Crippen molar-refractivity contribution in [3.8, 4) is 0 Å². The molecular formula is C21H38. The lowest BCUT2D eigenvalue weighted by atomic mass is 9.53. The van der Waals surface area contributed by atoms with Gasteiger partial charge in [-0.05, 0) is 35.2 Å². The van der Waals surface area contributed by atoms with Crippen molar-refractivity contribution in [3.63, 3.8) is 0 Å². The molecule has 0 spiro atoms. The first-order valence-corrected chi connectivity index (χ1v) is 8.81. The second-order valence-corrected chi connectivity index (χ2v) is 7.01. The number of hydrogen-bond donors (Lipinski definition) is 0. The minimum absolute atomic E-state index is 0.300. The number of unbranched alkanes of at least 4 members (excludes halogenated alkanes) is 1. The molecule has 0 fully saturated rings. The van der Waals surface area contributed by atoms with Gasteiger partial charge in [0.05, 0.1) is 0 Å². The van der Waals surface area contributed by atoms with E-state index in [0.717, 1.165) is 0 Å². The van der Waals surface area contributed by atoms with Crippen LogP contribution < -0.4 is 0 Å². The van der Waals surface area contributed by atoms with E-state index in [4.69, 9.17) is 0 Å². The summed E-state index contributed by atoms with van der Waals surface area (Å²) in [6.45, 7) is 22.2. The molecule has 0 amide bonds. The van der Waals surface area contributed by atoms with Gasteiger partial charge in [0.25, 0.3) is 0 Å². The van der Waals surface area contributed by atoms with E-state index in [1.165, 1.54) is 44.1 Å². The normalized spacial score (nSPS) is 19.4. The maximum Gasteiger partial charge on any atom is -0.0131 e. The van der Waals surface area contributed by atoms with Crippen LogP contribution >= 0.6 is 0 Å².